The minimum absolute atomic E-state index is 0.0331. The Labute approximate surface area is 80.7 Å². The Hall–Kier alpha value is -1.03. The highest BCUT2D eigenvalue weighted by Gasteiger charge is 2.17. The molecular weight excluding hydrogens is 191 g/mol. The van der Waals surface area contributed by atoms with Crippen molar-refractivity contribution in [3.8, 4) is 0 Å². The van der Waals surface area contributed by atoms with Crippen molar-refractivity contribution in [1.82, 2.24) is 0 Å². The molecule has 1 atom stereocenters. The van der Waals surface area contributed by atoms with E-state index in [1.165, 1.54) is 6.07 Å². The summed E-state index contributed by atoms with van der Waals surface area (Å²) in [6.07, 6.45) is 1.31. The number of hydrogen-bond acceptors (Lipinski definition) is 1. The summed E-state index contributed by atoms with van der Waals surface area (Å²) in [7, 11) is 0. The van der Waals surface area contributed by atoms with Gasteiger partial charge in [0, 0.05) is 11.6 Å². The lowest BCUT2D eigenvalue weighted by Crippen LogP contribution is -2.13. The largest absolute Gasteiger partial charge is 0.324 e. The average Bonchev–Trinajstić information content (AvgIpc) is 2.15. The van der Waals surface area contributed by atoms with Crippen LogP contribution in [0.25, 0.3) is 0 Å². The van der Waals surface area contributed by atoms with Gasteiger partial charge in [0.15, 0.2) is 17.5 Å². The van der Waals surface area contributed by atoms with Crippen molar-refractivity contribution in [3.05, 3.63) is 35.1 Å². The maximum atomic E-state index is 13.1. The van der Waals surface area contributed by atoms with Crippen molar-refractivity contribution >= 4 is 0 Å². The molecule has 0 saturated carbocycles. The predicted molar refractivity (Wildman–Crippen MR) is 48.2 cm³/mol. The van der Waals surface area contributed by atoms with Crippen molar-refractivity contribution in [2.24, 2.45) is 5.73 Å². The molecule has 0 heterocycles. The molecule has 0 aliphatic carbocycles. The molecule has 0 aliphatic heterocycles. The van der Waals surface area contributed by atoms with Crippen LogP contribution in [0.5, 0.6) is 0 Å². The molecule has 0 aliphatic rings. The molecule has 0 spiro atoms. The molecule has 0 aromatic heterocycles. The molecule has 4 heteroatoms. The third-order valence-electron chi connectivity index (χ3n) is 2.06. The lowest BCUT2D eigenvalue weighted by Gasteiger charge is -2.11. The van der Waals surface area contributed by atoms with Crippen LogP contribution in [0.1, 0.15) is 31.4 Å². The molecule has 0 radical (unpaired) electrons. The standard InChI is InChI=1S/C10H12F3N/c1-2-3-8(14)6-4-5-7(11)10(13)9(6)12/h4-5,8H,2-3,14H2,1H3. The SMILES string of the molecule is CCCC(N)c1ccc(F)c(F)c1F. The summed E-state index contributed by atoms with van der Waals surface area (Å²) in [6, 6.07) is 1.51. The lowest BCUT2D eigenvalue weighted by molar-refractivity contribution is 0.433. The topological polar surface area (TPSA) is 26.0 Å². The van der Waals surface area contributed by atoms with Gasteiger partial charge in [-0.3, -0.25) is 0 Å². The minimum atomic E-state index is -1.45. The monoisotopic (exact) mass is 203 g/mol. The number of hydrogen-bond donors (Lipinski definition) is 1. The summed E-state index contributed by atoms with van der Waals surface area (Å²) in [5.74, 6) is -3.81. The van der Waals surface area contributed by atoms with Crippen molar-refractivity contribution in [1.29, 1.82) is 0 Å². The van der Waals surface area contributed by atoms with Crippen molar-refractivity contribution in [2.45, 2.75) is 25.8 Å². The van der Waals surface area contributed by atoms with E-state index in [9.17, 15) is 13.2 Å². The van der Waals surface area contributed by atoms with E-state index in [2.05, 4.69) is 0 Å². The van der Waals surface area contributed by atoms with Crippen LogP contribution in [0.4, 0.5) is 13.2 Å². The van der Waals surface area contributed by atoms with Gasteiger partial charge < -0.3 is 5.73 Å². The van der Waals surface area contributed by atoms with Gasteiger partial charge in [-0.25, -0.2) is 13.2 Å². The van der Waals surface area contributed by atoms with Crippen LogP contribution < -0.4 is 5.73 Å². The molecule has 1 nitrogen and oxygen atoms in total. The Morgan fingerprint density at radius 1 is 1.21 bits per heavy atom. The number of rotatable bonds is 3. The summed E-state index contributed by atoms with van der Waals surface area (Å²) in [5, 5.41) is 0. The van der Waals surface area contributed by atoms with E-state index in [1.54, 1.807) is 0 Å². The van der Waals surface area contributed by atoms with Gasteiger partial charge >= 0.3 is 0 Å². The predicted octanol–water partition coefficient (Wildman–Crippen LogP) is 2.90. The zero-order valence-electron chi connectivity index (χ0n) is 7.86. The second kappa shape index (κ2) is 4.46. The molecule has 0 amide bonds. The number of benzene rings is 1. The quantitative estimate of drug-likeness (QED) is 0.751. The van der Waals surface area contributed by atoms with E-state index >= 15 is 0 Å². The first-order chi connectivity index (χ1) is 6.57. The van der Waals surface area contributed by atoms with Crippen LogP contribution in [0, 0.1) is 17.5 Å². The first-order valence-electron chi connectivity index (χ1n) is 4.46. The smallest absolute Gasteiger partial charge is 0.194 e. The Morgan fingerprint density at radius 3 is 2.43 bits per heavy atom. The van der Waals surface area contributed by atoms with Gasteiger partial charge in [-0.1, -0.05) is 19.4 Å². The summed E-state index contributed by atoms with van der Waals surface area (Å²) in [4.78, 5) is 0. The van der Waals surface area contributed by atoms with Gasteiger partial charge in [-0.2, -0.15) is 0 Å². The Balaban J connectivity index is 3.04. The van der Waals surface area contributed by atoms with Gasteiger partial charge in [0.25, 0.3) is 0 Å². The summed E-state index contributed by atoms with van der Waals surface area (Å²) >= 11 is 0. The van der Waals surface area contributed by atoms with Crippen LogP contribution in [-0.4, -0.2) is 0 Å². The van der Waals surface area contributed by atoms with Gasteiger partial charge in [-0.05, 0) is 12.5 Å². The fourth-order valence-corrected chi connectivity index (χ4v) is 1.29. The third-order valence-corrected chi connectivity index (χ3v) is 2.06. The van der Waals surface area contributed by atoms with Gasteiger partial charge in [0.05, 0.1) is 0 Å². The maximum absolute atomic E-state index is 13.1. The minimum Gasteiger partial charge on any atom is -0.324 e. The molecule has 0 fully saturated rings. The second-order valence-electron chi connectivity index (χ2n) is 3.16. The molecule has 1 aromatic rings. The lowest BCUT2D eigenvalue weighted by atomic mass is 10.0. The summed E-state index contributed by atoms with van der Waals surface area (Å²) in [6.45, 7) is 1.89. The van der Waals surface area contributed by atoms with Crippen LogP contribution in [0.15, 0.2) is 12.1 Å². The van der Waals surface area contributed by atoms with Crippen molar-refractivity contribution in [3.63, 3.8) is 0 Å². The van der Waals surface area contributed by atoms with E-state index in [1.807, 2.05) is 6.92 Å². The first-order valence-corrected chi connectivity index (χ1v) is 4.46. The van der Waals surface area contributed by atoms with E-state index in [-0.39, 0.29) is 5.56 Å². The summed E-state index contributed by atoms with van der Waals surface area (Å²) < 4.78 is 38.5. The fourth-order valence-electron chi connectivity index (χ4n) is 1.29. The van der Waals surface area contributed by atoms with Crippen molar-refractivity contribution in [2.75, 3.05) is 0 Å². The number of halogens is 3. The number of nitrogens with two attached hydrogens (primary N) is 1. The van der Waals surface area contributed by atoms with E-state index in [0.717, 1.165) is 12.5 Å². The van der Waals surface area contributed by atoms with E-state index < -0.39 is 23.5 Å². The Kier molecular flexibility index (Phi) is 3.52. The zero-order valence-corrected chi connectivity index (χ0v) is 7.86. The third kappa shape index (κ3) is 2.07. The highest BCUT2D eigenvalue weighted by atomic mass is 19.2. The van der Waals surface area contributed by atoms with Gasteiger partial charge in [0.2, 0.25) is 0 Å². The maximum Gasteiger partial charge on any atom is 0.194 e. The molecule has 1 rings (SSSR count). The zero-order chi connectivity index (χ0) is 10.7. The molecular formula is C10H12F3N. The van der Waals surface area contributed by atoms with Crippen molar-refractivity contribution < 1.29 is 13.2 Å². The molecule has 2 N–H and O–H groups in total. The molecule has 0 saturated heterocycles. The fraction of sp³-hybridized carbons (Fsp3) is 0.400. The van der Waals surface area contributed by atoms with E-state index in [4.69, 9.17) is 5.73 Å². The normalized spacial score (nSPS) is 12.9. The van der Waals surface area contributed by atoms with Crippen LogP contribution in [0.3, 0.4) is 0 Å². The molecule has 14 heavy (non-hydrogen) atoms. The molecule has 0 bridgehead atoms. The second-order valence-corrected chi connectivity index (χ2v) is 3.16. The van der Waals surface area contributed by atoms with Crippen LogP contribution in [0.2, 0.25) is 0 Å². The Morgan fingerprint density at radius 2 is 1.86 bits per heavy atom. The van der Waals surface area contributed by atoms with Crippen LogP contribution >= 0.6 is 0 Å². The highest BCUT2D eigenvalue weighted by molar-refractivity contribution is 5.23. The van der Waals surface area contributed by atoms with Gasteiger partial charge in [0.1, 0.15) is 0 Å². The molecule has 78 valence electrons. The molecule has 1 unspecified atom stereocenters. The molecule has 1 aromatic carbocycles. The summed E-state index contributed by atoms with van der Waals surface area (Å²) in [5.41, 5.74) is 5.63. The Bertz CT molecular complexity index is 325. The first kappa shape index (κ1) is 11.0. The van der Waals surface area contributed by atoms with E-state index in [0.29, 0.717) is 6.42 Å². The van der Waals surface area contributed by atoms with Crippen LogP contribution in [-0.2, 0) is 0 Å². The van der Waals surface area contributed by atoms with Gasteiger partial charge in [-0.15, -0.1) is 0 Å². The average molecular weight is 203 g/mol. The highest BCUT2D eigenvalue weighted by Crippen LogP contribution is 2.22.